The van der Waals surface area contributed by atoms with E-state index in [-0.39, 0.29) is 11.5 Å². The molecule has 0 radical (unpaired) electrons. The fourth-order valence-corrected chi connectivity index (χ4v) is 3.59. The van der Waals surface area contributed by atoms with Crippen LogP contribution in [0.2, 0.25) is 0 Å². The normalized spacial score (nSPS) is 11.2. The average Bonchev–Trinajstić information content (AvgIpc) is 2.63. The maximum Gasteiger partial charge on any atom is 0.200 e. The number of rotatable bonds is 3. The lowest BCUT2D eigenvalue weighted by Gasteiger charge is -2.25. The van der Waals surface area contributed by atoms with Crippen LogP contribution < -0.4 is 0 Å². The van der Waals surface area contributed by atoms with E-state index in [2.05, 4.69) is 0 Å². The lowest BCUT2D eigenvalue weighted by molar-refractivity contribution is 0.364. The fourth-order valence-electron chi connectivity index (χ4n) is 3.59. The highest BCUT2D eigenvalue weighted by Gasteiger charge is 2.27. The molecule has 0 saturated heterocycles. The minimum Gasteiger partial charge on any atom is -0.508 e. The molecule has 146 valence electrons. The SMILES string of the molecule is Cc1cc(C(c2cc(C)c(O)cc2C)c2ccc(O)c(O)c2O)c(C)cc1O. The Bertz CT molecular complexity index is 1010. The van der Waals surface area contributed by atoms with Crippen molar-refractivity contribution in [1.29, 1.82) is 0 Å². The van der Waals surface area contributed by atoms with Crippen molar-refractivity contribution in [2.24, 2.45) is 0 Å². The number of benzene rings is 3. The van der Waals surface area contributed by atoms with Crippen LogP contribution in [-0.4, -0.2) is 25.5 Å². The van der Waals surface area contributed by atoms with E-state index in [0.717, 1.165) is 22.3 Å². The first-order valence-corrected chi connectivity index (χ1v) is 8.95. The molecule has 0 atom stereocenters. The number of phenolic OH excluding ortho intramolecular Hbond substituents is 5. The van der Waals surface area contributed by atoms with Crippen LogP contribution in [0.1, 0.15) is 44.9 Å². The van der Waals surface area contributed by atoms with Gasteiger partial charge in [0.2, 0.25) is 5.75 Å². The zero-order valence-corrected chi connectivity index (χ0v) is 16.3. The second kappa shape index (κ2) is 7.00. The summed E-state index contributed by atoms with van der Waals surface area (Å²) < 4.78 is 0. The van der Waals surface area contributed by atoms with Gasteiger partial charge in [0, 0.05) is 11.5 Å². The molecule has 3 rings (SSSR count). The van der Waals surface area contributed by atoms with Gasteiger partial charge in [-0.2, -0.15) is 0 Å². The van der Waals surface area contributed by atoms with Crippen LogP contribution in [0.4, 0.5) is 0 Å². The monoisotopic (exact) mass is 380 g/mol. The predicted molar refractivity (Wildman–Crippen MR) is 108 cm³/mol. The van der Waals surface area contributed by atoms with Gasteiger partial charge in [0.1, 0.15) is 11.5 Å². The lowest BCUT2D eigenvalue weighted by Crippen LogP contribution is -2.08. The summed E-state index contributed by atoms with van der Waals surface area (Å²) in [4.78, 5) is 0. The smallest absolute Gasteiger partial charge is 0.200 e. The summed E-state index contributed by atoms with van der Waals surface area (Å²) >= 11 is 0. The van der Waals surface area contributed by atoms with Crippen LogP contribution in [0.5, 0.6) is 28.7 Å². The molecule has 28 heavy (non-hydrogen) atoms. The number of hydrogen-bond donors (Lipinski definition) is 5. The molecule has 5 heteroatoms. The Labute approximate surface area is 163 Å². The van der Waals surface area contributed by atoms with Gasteiger partial charge in [-0.25, -0.2) is 0 Å². The first-order valence-electron chi connectivity index (χ1n) is 8.95. The summed E-state index contributed by atoms with van der Waals surface area (Å²) in [6, 6.07) is 9.93. The molecule has 0 bridgehead atoms. The Hall–Kier alpha value is -3.34. The topological polar surface area (TPSA) is 101 Å². The molecule has 0 amide bonds. The predicted octanol–water partition coefficient (Wildman–Crippen LogP) is 4.63. The van der Waals surface area contributed by atoms with Gasteiger partial charge in [-0.15, -0.1) is 0 Å². The van der Waals surface area contributed by atoms with Crippen molar-refractivity contribution in [3.63, 3.8) is 0 Å². The first-order chi connectivity index (χ1) is 13.1. The molecule has 5 N–H and O–H groups in total. The van der Waals surface area contributed by atoms with E-state index in [1.807, 2.05) is 26.0 Å². The van der Waals surface area contributed by atoms with Crippen LogP contribution in [0.25, 0.3) is 0 Å². The summed E-state index contributed by atoms with van der Waals surface area (Å²) in [6.45, 7) is 7.31. The Morgan fingerprint density at radius 1 is 0.500 bits per heavy atom. The highest BCUT2D eigenvalue weighted by molar-refractivity contribution is 5.61. The Morgan fingerprint density at radius 3 is 1.43 bits per heavy atom. The van der Waals surface area contributed by atoms with E-state index in [1.165, 1.54) is 6.07 Å². The van der Waals surface area contributed by atoms with Crippen molar-refractivity contribution >= 4 is 0 Å². The van der Waals surface area contributed by atoms with E-state index >= 15 is 0 Å². The molecule has 0 unspecified atom stereocenters. The zero-order chi connectivity index (χ0) is 20.7. The van der Waals surface area contributed by atoms with Crippen molar-refractivity contribution in [3.8, 4) is 28.7 Å². The Kier molecular flexibility index (Phi) is 4.86. The third-order valence-electron chi connectivity index (χ3n) is 5.26. The summed E-state index contributed by atoms with van der Waals surface area (Å²) in [5.74, 6) is -1.51. The second-order valence-corrected chi connectivity index (χ2v) is 7.29. The van der Waals surface area contributed by atoms with Gasteiger partial charge in [-0.3, -0.25) is 0 Å². The van der Waals surface area contributed by atoms with Crippen molar-refractivity contribution in [3.05, 3.63) is 75.3 Å². The van der Waals surface area contributed by atoms with Gasteiger partial charge in [0.15, 0.2) is 11.5 Å². The van der Waals surface area contributed by atoms with Gasteiger partial charge < -0.3 is 25.5 Å². The lowest BCUT2D eigenvalue weighted by atomic mass is 9.79. The molecule has 5 nitrogen and oxygen atoms in total. The number of aromatic hydroxyl groups is 5. The molecule has 0 aliphatic rings. The van der Waals surface area contributed by atoms with Crippen LogP contribution in [-0.2, 0) is 0 Å². The zero-order valence-electron chi connectivity index (χ0n) is 16.3. The highest BCUT2D eigenvalue weighted by atomic mass is 16.3. The molecule has 0 aliphatic heterocycles. The quantitative estimate of drug-likeness (QED) is 0.337. The first kappa shape index (κ1) is 19.4. The van der Waals surface area contributed by atoms with E-state index < -0.39 is 23.2 Å². The molecular formula is C23H24O5. The summed E-state index contributed by atoms with van der Waals surface area (Å²) in [5, 5.41) is 50.5. The van der Waals surface area contributed by atoms with Crippen molar-refractivity contribution in [1.82, 2.24) is 0 Å². The number of hydrogen-bond acceptors (Lipinski definition) is 5. The van der Waals surface area contributed by atoms with Crippen molar-refractivity contribution in [2.45, 2.75) is 33.6 Å². The van der Waals surface area contributed by atoms with Gasteiger partial charge in [0.25, 0.3) is 0 Å². The van der Waals surface area contributed by atoms with Crippen molar-refractivity contribution in [2.75, 3.05) is 0 Å². The molecule has 0 fully saturated rings. The molecule has 0 spiro atoms. The van der Waals surface area contributed by atoms with Crippen LogP contribution in [0.15, 0.2) is 36.4 Å². The molecule has 0 saturated carbocycles. The van der Waals surface area contributed by atoms with Gasteiger partial charge in [-0.1, -0.05) is 18.2 Å². The van der Waals surface area contributed by atoms with Crippen LogP contribution >= 0.6 is 0 Å². The van der Waals surface area contributed by atoms with E-state index in [4.69, 9.17) is 0 Å². The Balaban J connectivity index is 2.38. The van der Waals surface area contributed by atoms with Gasteiger partial charge >= 0.3 is 0 Å². The molecular weight excluding hydrogens is 356 g/mol. The van der Waals surface area contributed by atoms with Crippen LogP contribution in [0.3, 0.4) is 0 Å². The third kappa shape index (κ3) is 3.20. The third-order valence-corrected chi connectivity index (χ3v) is 5.26. The summed E-state index contributed by atoms with van der Waals surface area (Å²) in [6.07, 6.45) is 0. The summed E-state index contributed by atoms with van der Waals surface area (Å²) in [5.41, 5.74) is 5.07. The maximum absolute atomic E-state index is 10.6. The average molecular weight is 380 g/mol. The fraction of sp³-hybridized carbons (Fsp3) is 0.217. The summed E-state index contributed by atoms with van der Waals surface area (Å²) in [7, 11) is 0. The second-order valence-electron chi connectivity index (χ2n) is 7.29. The molecule has 0 aliphatic carbocycles. The largest absolute Gasteiger partial charge is 0.508 e. The van der Waals surface area contributed by atoms with E-state index in [9.17, 15) is 25.5 Å². The van der Waals surface area contributed by atoms with Gasteiger partial charge in [-0.05, 0) is 79.3 Å². The molecule has 0 aromatic heterocycles. The number of phenols is 5. The molecule has 3 aromatic rings. The standard InChI is InChI=1S/C23H24O5/c1-11-9-19(25)13(3)7-16(11)21(15-5-6-18(24)23(28)22(15)27)17-8-14(4)20(26)10-12(17)2/h5-10,21,24-28H,1-4H3. The number of aryl methyl sites for hydroxylation is 4. The molecule has 0 heterocycles. The van der Waals surface area contributed by atoms with Crippen molar-refractivity contribution < 1.29 is 25.5 Å². The van der Waals surface area contributed by atoms with Crippen LogP contribution in [0, 0.1) is 27.7 Å². The Morgan fingerprint density at radius 2 is 0.964 bits per heavy atom. The maximum atomic E-state index is 10.6. The minimum atomic E-state index is -0.580. The molecule has 3 aromatic carbocycles. The van der Waals surface area contributed by atoms with E-state index in [1.54, 1.807) is 32.0 Å². The van der Waals surface area contributed by atoms with E-state index in [0.29, 0.717) is 16.7 Å². The van der Waals surface area contributed by atoms with Gasteiger partial charge in [0.05, 0.1) is 0 Å². The highest BCUT2D eigenvalue weighted by Crippen LogP contribution is 2.47. The minimum absolute atomic E-state index is 0.177.